The van der Waals surface area contributed by atoms with Crippen LogP contribution in [0.25, 0.3) is 0 Å². The first-order chi connectivity index (χ1) is 4.63. The van der Waals surface area contributed by atoms with E-state index in [4.69, 9.17) is 0 Å². The fourth-order valence-electron chi connectivity index (χ4n) is 1.01. The van der Waals surface area contributed by atoms with Gasteiger partial charge >= 0.3 is 6.03 Å². The van der Waals surface area contributed by atoms with E-state index in [9.17, 15) is 4.79 Å². The number of thiol groups is 1. The molecule has 0 radical (unpaired) electrons. The third kappa shape index (κ3) is 1.21. The van der Waals surface area contributed by atoms with Gasteiger partial charge in [-0.05, 0) is 6.92 Å². The number of urea groups is 1. The molecule has 0 aromatic rings. The van der Waals surface area contributed by atoms with Gasteiger partial charge in [-0.15, -0.1) is 0 Å². The molecule has 1 heterocycles. The summed E-state index contributed by atoms with van der Waals surface area (Å²) in [6.45, 7) is 3.53. The van der Waals surface area contributed by atoms with E-state index in [2.05, 4.69) is 12.6 Å². The summed E-state index contributed by atoms with van der Waals surface area (Å²) in [6, 6.07) is 0.0856. The van der Waals surface area contributed by atoms with Crippen LogP contribution in [0.2, 0.25) is 0 Å². The van der Waals surface area contributed by atoms with Crippen molar-refractivity contribution in [3.05, 3.63) is 0 Å². The molecular formula is C6H12N2OS. The summed E-state index contributed by atoms with van der Waals surface area (Å²) in [5.74, 6) is 0. The summed E-state index contributed by atoms with van der Waals surface area (Å²) in [7, 11) is 1.80. The second kappa shape index (κ2) is 2.70. The number of amides is 2. The Hall–Kier alpha value is -0.380. The van der Waals surface area contributed by atoms with Gasteiger partial charge in [0.15, 0.2) is 0 Å². The molecule has 2 amide bonds. The maximum Gasteiger partial charge on any atom is 0.320 e. The molecule has 0 bridgehead atoms. The van der Waals surface area contributed by atoms with Crippen LogP contribution in [-0.4, -0.2) is 41.3 Å². The number of likely N-dealkylation sites (N-methyl/N-ethyl adjacent to an activating group) is 1. The standard InChI is InChI=1S/C6H12N2OS/c1-5(10)8-4-3-7(2)6(8)9/h5,10H,3-4H2,1-2H3/t5-/m0/s1. The van der Waals surface area contributed by atoms with E-state index in [1.165, 1.54) is 0 Å². The zero-order valence-electron chi connectivity index (χ0n) is 6.24. The molecule has 1 saturated heterocycles. The Morgan fingerprint density at radius 1 is 1.60 bits per heavy atom. The van der Waals surface area contributed by atoms with Crippen LogP contribution in [0, 0.1) is 0 Å². The minimum atomic E-state index is 0.0393. The quantitative estimate of drug-likeness (QED) is 0.559. The average molecular weight is 160 g/mol. The van der Waals surface area contributed by atoms with Gasteiger partial charge in [0.05, 0.1) is 5.37 Å². The van der Waals surface area contributed by atoms with E-state index in [-0.39, 0.29) is 11.4 Å². The number of hydrogen-bond acceptors (Lipinski definition) is 2. The molecule has 10 heavy (non-hydrogen) atoms. The van der Waals surface area contributed by atoms with Crippen LogP contribution in [0.4, 0.5) is 4.79 Å². The summed E-state index contributed by atoms with van der Waals surface area (Å²) >= 11 is 4.17. The van der Waals surface area contributed by atoms with Crippen LogP contribution in [0.15, 0.2) is 0 Å². The zero-order chi connectivity index (χ0) is 7.72. The molecule has 1 aliphatic heterocycles. The summed E-state index contributed by atoms with van der Waals surface area (Å²) in [5.41, 5.74) is 0. The molecule has 0 unspecified atom stereocenters. The van der Waals surface area contributed by atoms with E-state index in [0.717, 1.165) is 13.1 Å². The fraction of sp³-hybridized carbons (Fsp3) is 0.833. The van der Waals surface area contributed by atoms with Crippen LogP contribution in [-0.2, 0) is 0 Å². The highest BCUT2D eigenvalue weighted by Crippen LogP contribution is 2.11. The highest BCUT2D eigenvalue weighted by atomic mass is 32.1. The van der Waals surface area contributed by atoms with E-state index >= 15 is 0 Å². The van der Waals surface area contributed by atoms with Gasteiger partial charge in [-0.3, -0.25) is 0 Å². The van der Waals surface area contributed by atoms with Crippen molar-refractivity contribution in [3.63, 3.8) is 0 Å². The van der Waals surface area contributed by atoms with Gasteiger partial charge in [0.1, 0.15) is 0 Å². The van der Waals surface area contributed by atoms with Crippen molar-refractivity contribution >= 4 is 18.7 Å². The first-order valence-corrected chi connectivity index (χ1v) is 3.84. The van der Waals surface area contributed by atoms with Crippen LogP contribution in [0.5, 0.6) is 0 Å². The first-order valence-electron chi connectivity index (χ1n) is 3.32. The number of rotatable bonds is 1. The van der Waals surface area contributed by atoms with Gasteiger partial charge in [0.25, 0.3) is 0 Å². The molecule has 3 nitrogen and oxygen atoms in total. The molecule has 58 valence electrons. The van der Waals surface area contributed by atoms with Crippen molar-refractivity contribution in [3.8, 4) is 0 Å². The van der Waals surface area contributed by atoms with Crippen LogP contribution >= 0.6 is 12.6 Å². The second-order valence-electron chi connectivity index (χ2n) is 2.53. The van der Waals surface area contributed by atoms with Gasteiger partial charge in [0, 0.05) is 20.1 Å². The number of hydrogen-bond donors (Lipinski definition) is 1. The number of carbonyl (C=O) groups excluding carboxylic acids is 1. The smallest absolute Gasteiger partial charge is 0.320 e. The Bertz CT molecular complexity index is 149. The minimum Gasteiger partial charge on any atom is -0.326 e. The molecule has 0 aliphatic carbocycles. The minimum absolute atomic E-state index is 0.0393. The summed E-state index contributed by atoms with van der Waals surface area (Å²) < 4.78 is 0. The monoisotopic (exact) mass is 160 g/mol. The third-order valence-corrected chi connectivity index (χ3v) is 1.98. The van der Waals surface area contributed by atoms with E-state index in [1.54, 1.807) is 16.8 Å². The van der Waals surface area contributed by atoms with Crippen molar-refractivity contribution in [2.24, 2.45) is 0 Å². The lowest BCUT2D eigenvalue weighted by atomic mass is 10.6. The predicted octanol–water partition coefficient (Wildman–Crippen LogP) is 0.630. The molecule has 0 aromatic carbocycles. The van der Waals surface area contributed by atoms with E-state index in [0.29, 0.717) is 0 Å². The van der Waals surface area contributed by atoms with Crippen LogP contribution < -0.4 is 0 Å². The molecule has 0 N–H and O–H groups in total. The van der Waals surface area contributed by atoms with Gasteiger partial charge in [-0.2, -0.15) is 12.6 Å². The maximum absolute atomic E-state index is 11.1. The Kier molecular flexibility index (Phi) is 2.08. The SMILES string of the molecule is C[C@H](S)N1CCN(C)C1=O. The Morgan fingerprint density at radius 2 is 2.20 bits per heavy atom. The van der Waals surface area contributed by atoms with Crippen molar-refractivity contribution in [1.29, 1.82) is 0 Å². The normalized spacial score (nSPS) is 22.1. The molecule has 0 saturated carbocycles. The van der Waals surface area contributed by atoms with E-state index < -0.39 is 0 Å². The van der Waals surface area contributed by atoms with Crippen LogP contribution in [0.3, 0.4) is 0 Å². The van der Waals surface area contributed by atoms with Gasteiger partial charge in [-0.1, -0.05) is 0 Å². The topological polar surface area (TPSA) is 23.6 Å². The van der Waals surface area contributed by atoms with E-state index in [1.807, 2.05) is 6.92 Å². The molecule has 1 fully saturated rings. The first kappa shape index (κ1) is 7.72. The number of carbonyl (C=O) groups is 1. The summed E-state index contributed by atoms with van der Waals surface area (Å²) in [5, 5.41) is 0.0393. The fourth-order valence-corrected chi connectivity index (χ4v) is 1.23. The van der Waals surface area contributed by atoms with Gasteiger partial charge in [0.2, 0.25) is 0 Å². The molecule has 0 spiro atoms. The lowest BCUT2D eigenvalue weighted by Gasteiger charge is -2.18. The lowest BCUT2D eigenvalue weighted by Crippen LogP contribution is -2.33. The summed E-state index contributed by atoms with van der Waals surface area (Å²) in [4.78, 5) is 14.6. The van der Waals surface area contributed by atoms with Crippen molar-refractivity contribution in [2.75, 3.05) is 20.1 Å². The van der Waals surface area contributed by atoms with Gasteiger partial charge in [-0.25, -0.2) is 4.79 Å². The molecule has 1 rings (SSSR count). The number of nitrogens with zero attached hydrogens (tertiary/aromatic N) is 2. The lowest BCUT2D eigenvalue weighted by molar-refractivity contribution is 0.197. The third-order valence-electron chi connectivity index (χ3n) is 1.70. The molecule has 1 aliphatic rings. The Balaban J connectivity index is 2.57. The predicted molar refractivity (Wildman–Crippen MR) is 43.2 cm³/mol. The molecule has 0 aromatic heterocycles. The molecular weight excluding hydrogens is 148 g/mol. The van der Waals surface area contributed by atoms with Crippen molar-refractivity contribution < 1.29 is 4.79 Å². The largest absolute Gasteiger partial charge is 0.326 e. The second-order valence-corrected chi connectivity index (χ2v) is 3.28. The van der Waals surface area contributed by atoms with Crippen molar-refractivity contribution in [1.82, 2.24) is 9.80 Å². The van der Waals surface area contributed by atoms with Crippen molar-refractivity contribution in [2.45, 2.75) is 12.3 Å². The highest BCUT2D eigenvalue weighted by Gasteiger charge is 2.27. The Morgan fingerprint density at radius 3 is 2.40 bits per heavy atom. The Labute approximate surface area is 66.4 Å². The maximum atomic E-state index is 11.1. The summed E-state index contributed by atoms with van der Waals surface area (Å²) in [6.07, 6.45) is 0. The van der Waals surface area contributed by atoms with Crippen LogP contribution in [0.1, 0.15) is 6.92 Å². The molecule has 1 atom stereocenters. The highest BCUT2D eigenvalue weighted by molar-refractivity contribution is 7.80. The zero-order valence-corrected chi connectivity index (χ0v) is 7.14. The molecule has 4 heteroatoms. The average Bonchev–Trinajstić information content (AvgIpc) is 2.14. The van der Waals surface area contributed by atoms with Gasteiger partial charge < -0.3 is 9.80 Å².